The third kappa shape index (κ3) is 14.4. The van der Waals surface area contributed by atoms with Gasteiger partial charge in [0, 0.05) is 62.3 Å². The number of likely N-dealkylation sites (tertiary alicyclic amines) is 1. The summed E-state index contributed by atoms with van der Waals surface area (Å²) in [7, 11) is 1.78. The summed E-state index contributed by atoms with van der Waals surface area (Å²) in [5.41, 5.74) is -0.986. The zero-order valence-corrected chi connectivity index (χ0v) is 43.9. The number of nitrogens with zero attached hydrogens (tertiary/aromatic N) is 5. The lowest BCUT2D eigenvalue weighted by atomic mass is 9.82. The Morgan fingerprint density at radius 2 is 1.36 bits per heavy atom. The van der Waals surface area contributed by atoms with Crippen molar-refractivity contribution in [3.8, 4) is 11.8 Å². The van der Waals surface area contributed by atoms with Crippen molar-refractivity contribution in [3.63, 3.8) is 0 Å². The van der Waals surface area contributed by atoms with Crippen molar-refractivity contribution >= 4 is 35.7 Å². The molecule has 0 unspecified atom stereocenters. The molecule has 4 amide bonds. The molecule has 78 heavy (non-hydrogen) atoms. The number of benzene rings is 2. The van der Waals surface area contributed by atoms with E-state index in [0.717, 1.165) is 64.8 Å². The van der Waals surface area contributed by atoms with Gasteiger partial charge in [0.1, 0.15) is 12.1 Å². The highest BCUT2D eigenvalue weighted by atomic mass is 19.4. The number of halogens is 6. The van der Waals surface area contributed by atoms with Crippen LogP contribution in [0, 0.1) is 28.1 Å². The molecule has 7 N–H and O–H groups in total. The Labute approximate surface area is 447 Å². The highest BCUT2D eigenvalue weighted by Crippen LogP contribution is 2.42. The van der Waals surface area contributed by atoms with Crippen LogP contribution in [0.15, 0.2) is 73.2 Å². The maximum atomic E-state index is 14.6. The van der Waals surface area contributed by atoms with Gasteiger partial charge in [-0.3, -0.25) is 19.9 Å². The predicted octanol–water partition coefficient (Wildman–Crippen LogP) is 4.72. The monoisotopic (exact) mass is 1100 g/mol. The zero-order valence-electron chi connectivity index (χ0n) is 43.9. The SMILES string of the molecule is COC(=O)N[C@H](C(=O)N[C@@H](Cc1ccc(C#Cc2cnc(N3C[C@H]4C[C@@H]3CN4C3COC3)nc2)cc1)[C@@H](O)CN(Cc1ccc(C(=N)/C=C\NC2CC2)cc1)NC(=O)[C@@H](NC(=O)OC)C(C)(C)C(F)(F)F)C(C)(C)C(F)(F)F. The number of fused-ring (bicyclic) bond motifs is 2. The second-order valence-electron chi connectivity index (χ2n) is 21.0. The number of hydrazine groups is 1. The molecule has 3 saturated heterocycles. The molecule has 7 rings (SSSR count). The lowest BCUT2D eigenvalue weighted by Gasteiger charge is -2.42. The van der Waals surface area contributed by atoms with Crippen molar-refractivity contribution in [1.82, 2.24) is 46.6 Å². The van der Waals surface area contributed by atoms with E-state index in [2.05, 4.69) is 57.1 Å². The molecule has 6 atom stereocenters. The Balaban J connectivity index is 1.14. The van der Waals surface area contributed by atoms with E-state index in [9.17, 15) is 50.6 Å². The van der Waals surface area contributed by atoms with Crippen molar-refractivity contribution < 1.29 is 64.8 Å². The number of hydrogen-bond donors (Lipinski definition) is 7. The molecule has 3 aromatic rings. The zero-order chi connectivity index (χ0) is 56.7. The van der Waals surface area contributed by atoms with Gasteiger partial charge in [0.15, 0.2) is 0 Å². The molecule has 19 nitrogen and oxygen atoms in total. The topological polar surface area (TPSA) is 236 Å². The van der Waals surface area contributed by atoms with Gasteiger partial charge in [-0.15, -0.1) is 0 Å². The lowest BCUT2D eigenvalue weighted by molar-refractivity contribution is -0.221. The van der Waals surface area contributed by atoms with E-state index in [4.69, 9.17) is 10.1 Å². The number of piperazine rings is 1. The molecule has 4 aliphatic rings. The maximum Gasteiger partial charge on any atom is 0.407 e. The maximum absolute atomic E-state index is 14.6. The molecule has 2 bridgehead atoms. The second-order valence-corrected chi connectivity index (χ2v) is 21.0. The number of alkyl carbamates (subject to hydrolysis) is 2. The van der Waals surface area contributed by atoms with Crippen LogP contribution in [0.4, 0.5) is 41.9 Å². The van der Waals surface area contributed by atoms with Gasteiger partial charge in [-0.1, -0.05) is 48.2 Å². The highest BCUT2D eigenvalue weighted by molar-refractivity contribution is 6.06. The van der Waals surface area contributed by atoms with Gasteiger partial charge < -0.3 is 50.9 Å². The highest BCUT2D eigenvalue weighted by Gasteiger charge is 2.57. The van der Waals surface area contributed by atoms with E-state index in [1.54, 1.807) is 73.2 Å². The number of amides is 4. The third-order valence-corrected chi connectivity index (χ3v) is 14.6. The number of methoxy groups -OCH3 is 2. The minimum Gasteiger partial charge on any atom is -0.453 e. The number of ether oxygens (including phenoxy) is 3. The number of nitrogens with one attached hydrogen (secondary N) is 6. The Kier molecular flexibility index (Phi) is 18.3. The minimum atomic E-state index is -5.08. The summed E-state index contributed by atoms with van der Waals surface area (Å²) in [5.74, 6) is 3.90. The van der Waals surface area contributed by atoms with Crippen molar-refractivity contribution in [2.45, 2.75) is 121 Å². The van der Waals surface area contributed by atoms with Gasteiger partial charge in [-0.2, -0.15) is 26.3 Å². The van der Waals surface area contributed by atoms with Gasteiger partial charge in [0.05, 0.1) is 67.7 Å². The number of carbonyl (C=O) groups is 4. The van der Waals surface area contributed by atoms with Crippen molar-refractivity contribution in [3.05, 3.63) is 101 Å². The predicted molar refractivity (Wildman–Crippen MR) is 272 cm³/mol. The Morgan fingerprint density at radius 3 is 1.87 bits per heavy atom. The van der Waals surface area contributed by atoms with Crippen LogP contribution in [0.5, 0.6) is 0 Å². The van der Waals surface area contributed by atoms with E-state index in [0.29, 0.717) is 85.6 Å². The Hall–Kier alpha value is -7.01. The van der Waals surface area contributed by atoms with Crippen molar-refractivity contribution in [2.24, 2.45) is 10.8 Å². The fourth-order valence-electron chi connectivity index (χ4n) is 9.19. The first-order chi connectivity index (χ1) is 36.8. The van der Waals surface area contributed by atoms with E-state index in [1.807, 2.05) is 10.6 Å². The van der Waals surface area contributed by atoms with Crippen LogP contribution in [0.2, 0.25) is 0 Å². The second kappa shape index (κ2) is 24.3. The molecule has 1 aromatic heterocycles. The third-order valence-electron chi connectivity index (χ3n) is 14.6. The fraction of sp³-hybridized carbons (Fsp3) is 0.528. The van der Waals surface area contributed by atoms with E-state index in [-0.39, 0.29) is 18.7 Å². The van der Waals surface area contributed by atoms with Crippen molar-refractivity contribution in [2.75, 3.05) is 52.0 Å². The Bertz CT molecular complexity index is 2710. The summed E-state index contributed by atoms with van der Waals surface area (Å²) in [5, 5.41) is 31.1. The molecular formula is C53H65F6N11O8. The standard InChI is InChI=1S/C53H65F6N11O8/c1-50(2,52(54,55)56)43(65-48(74)76-5)45(72)64-41(21-32-10-7-31(8-11-32)9-12-34-23-62-47(63-24-34)70-27-37-22-38(70)26-69(37)39-29-78-30-39)42(71)28-68(67-46(73)44(66-49(75)77-6)51(3,4)53(57,58)59)25-33-13-15-35(16-14-33)40(60)19-20-61-36-17-18-36/h7-8,10-11,13-16,19-20,23-24,36-39,41-44,60-61,71H,17-18,21-22,25-30H2,1-6H3,(H,64,72)(H,65,74)(H,66,75)(H,67,73)/b20-19-,60-40?/t37-,38-,41+,42+,43-,44-/m1/s1. The average molecular weight is 1100 g/mol. The summed E-state index contributed by atoms with van der Waals surface area (Å²) in [4.78, 5) is 66.9. The summed E-state index contributed by atoms with van der Waals surface area (Å²) >= 11 is 0. The summed E-state index contributed by atoms with van der Waals surface area (Å²) < 4.78 is 102. The number of alkyl halides is 6. The van der Waals surface area contributed by atoms with Gasteiger partial charge in [-0.25, -0.2) is 24.6 Å². The molecule has 4 fully saturated rings. The van der Waals surface area contributed by atoms with Gasteiger partial charge in [0.25, 0.3) is 5.91 Å². The van der Waals surface area contributed by atoms with Crippen LogP contribution in [0.1, 0.15) is 74.8 Å². The quantitative estimate of drug-likeness (QED) is 0.0331. The van der Waals surface area contributed by atoms with Crippen LogP contribution in [-0.2, 0) is 36.8 Å². The molecule has 0 spiro atoms. The molecule has 4 heterocycles. The molecule has 1 saturated carbocycles. The molecule has 25 heteroatoms. The van der Waals surface area contributed by atoms with Crippen LogP contribution < -0.4 is 31.6 Å². The van der Waals surface area contributed by atoms with Crippen LogP contribution in [0.3, 0.4) is 0 Å². The fourth-order valence-corrected chi connectivity index (χ4v) is 9.19. The van der Waals surface area contributed by atoms with E-state index >= 15 is 0 Å². The lowest BCUT2D eigenvalue weighted by Crippen LogP contribution is -2.63. The largest absolute Gasteiger partial charge is 0.453 e. The number of aliphatic hydroxyl groups is 1. The normalized spacial score (nSPS) is 19.4. The average Bonchev–Trinajstić information content (AvgIpc) is 4.18. The number of hydrogen-bond acceptors (Lipinski definition) is 15. The molecule has 1 aliphatic carbocycles. The first-order valence-electron chi connectivity index (χ1n) is 25.3. The molecule has 2 aromatic carbocycles. The van der Waals surface area contributed by atoms with Gasteiger partial charge in [-0.05, 0) is 94.5 Å². The number of anilines is 1. The first kappa shape index (κ1) is 58.7. The van der Waals surface area contributed by atoms with E-state index in [1.165, 1.54) is 0 Å². The molecule has 422 valence electrons. The van der Waals surface area contributed by atoms with Gasteiger partial charge in [0.2, 0.25) is 11.9 Å². The molecular weight excluding hydrogens is 1030 g/mol. The van der Waals surface area contributed by atoms with Crippen molar-refractivity contribution in [1.29, 1.82) is 5.41 Å². The number of carbonyl (C=O) groups excluding carboxylic acids is 4. The number of allylic oxidation sites excluding steroid dienone is 1. The minimum absolute atomic E-state index is 0.143. The smallest absolute Gasteiger partial charge is 0.407 e. The number of aliphatic hydroxyl groups excluding tert-OH is 1. The summed E-state index contributed by atoms with van der Waals surface area (Å²) in [6, 6.07) is 8.09. The first-order valence-corrected chi connectivity index (χ1v) is 25.3. The number of rotatable bonds is 21. The van der Waals surface area contributed by atoms with E-state index < -0.39 is 78.0 Å². The number of aromatic nitrogens is 2. The van der Waals surface area contributed by atoms with Crippen LogP contribution in [0.25, 0.3) is 0 Å². The van der Waals surface area contributed by atoms with Crippen LogP contribution in [-0.4, -0.2) is 163 Å². The van der Waals surface area contributed by atoms with Crippen LogP contribution >= 0.6 is 0 Å². The Morgan fingerprint density at radius 1 is 0.795 bits per heavy atom. The molecule has 0 radical (unpaired) electrons. The molecule has 3 aliphatic heterocycles. The summed E-state index contributed by atoms with van der Waals surface area (Å²) in [6.07, 6.45) is -5.45. The van der Waals surface area contributed by atoms with Gasteiger partial charge >= 0.3 is 24.5 Å². The summed E-state index contributed by atoms with van der Waals surface area (Å²) in [6.45, 7) is 4.94.